The Hall–Kier alpha value is -3.80. The molecule has 0 aliphatic carbocycles. The van der Waals surface area contributed by atoms with Crippen molar-refractivity contribution < 1.29 is 19.1 Å². The molecule has 1 saturated heterocycles. The quantitative estimate of drug-likeness (QED) is 0.601. The summed E-state index contributed by atoms with van der Waals surface area (Å²) in [6.45, 7) is 1.19. The fourth-order valence-corrected chi connectivity index (χ4v) is 4.36. The second-order valence-electron chi connectivity index (χ2n) is 8.10. The number of carbonyl (C=O) groups is 2. The van der Waals surface area contributed by atoms with Crippen LogP contribution in [-0.4, -0.2) is 44.0 Å². The second-order valence-corrected chi connectivity index (χ2v) is 8.10. The SMILES string of the molecule is COc1ccc(OC)c(C2CN(C(=O)c3ccccc3)CC2C(=O)NCc2ccccc2)c1. The largest absolute Gasteiger partial charge is 0.497 e. The van der Waals surface area contributed by atoms with Crippen LogP contribution in [0.25, 0.3) is 0 Å². The number of benzene rings is 3. The summed E-state index contributed by atoms with van der Waals surface area (Å²) in [5.74, 6) is 0.552. The number of rotatable bonds is 7. The summed E-state index contributed by atoms with van der Waals surface area (Å²) < 4.78 is 11.0. The normalized spacial score (nSPS) is 17.5. The maximum Gasteiger partial charge on any atom is 0.253 e. The van der Waals surface area contributed by atoms with Gasteiger partial charge in [-0.05, 0) is 35.9 Å². The Morgan fingerprint density at radius 2 is 1.61 bits per heavy atom. The fraction of sp³-hybridized carbons (Fsp3) is 0.259. The van der Waals surface area contributed by atoms with E-state index in [0.717, 1.165) is 11.1 Å². The fourth-order valence-electron chi connectivity index (χ4n) is 4.36. The van der Waals surface area contributed by atoms with Crippen molar-refractivity contribution in [2.24, 2.45) is 5.92 Å². The van der Waals surface area contributed by atoms with Crippen molar-refractivity contribution in [2.45, 2.75) is 12.5 Å². The predicted octanol–water partition coefficient (Wildman–Crippen LogP) is 3.88. The van der Waals surface area contributed by atoms with Crippen LogP contribution in [0.2, 0.25) is 0 Å². The van der Waals surface area contributed by atoms with Gasteiger partial charge in [0.25, 0.3) is 5.91 Å². The topological polar surface area (TPSA) is 67.9 Å². The number of ether oxygens (including phenoxy) is 2. The number of methoxy groups -OCH3 is 2. The zero-order valence-electron chi connectivity index (χ0n) is 18.9. The van der Waals surface area contributed by atoms with Gasteiger partial charge in [0.15, 0.2) is 0 Å². The molecule has 1 fully saturated rings. The highest BCUT2D eigenvalue weighted by Crippen LogP contribution is 2.40. The molecule has 0 aromatic heterocycles. The lowest BCUT2D eigenvalue weighted by atomic mass is 9.87. The van der Waals surface area contributed by atoms with E-state index in [1.165, 1.54) is 0 Å². The molecule has 1 aliphatic heterocycles. The molecule has 0 saturated carbocycles. The van der Waals surface area contributed by atoms with Crippen LogP contribution in [0.5, 0.6) is 11.5 Å². The van der Waals surface area contributed by atoms with E-state index in [-0.39, 0.29) is 17.7 Å². The lowest BCUT2D eigenvalue weighted by Gasteiger charge is -2.21. The number of hydrogen-bond donors (Lipinski definition) is 1. The van der Waals surface area contributed by atoms with Gasteiger partial charge in [-0.1, -0.05) is 48.5 Å². The number of amides is 2. The van der Waals surface area contributed by atoms with Gasteiger partial charge in [-0.25, -0.2) is 0 Å². The highest BCUT2D eigenvalue weighted by Gasteiger charge is 2.41. The molecule has 0 radical (unpaired) electrons. The Bertz CT molecular complexity index is 1100. The predicted molar refractivity (Wildman–Crippen MR) is 126 cm³/mol. The molecule has 0 bridgehead atoms. The number of carbonyl (C=O) groups excluding carboxylic acids is 2. The van der Waals surface area contributed by atoms with Gasteiger partial charge in [-0.2, -0.15) is 0 Å². The van der Waals surface area contributed by atoms with E-state index in [4.69, 9.17) is 9.47 Å². The number of nitrogens with zero attached hydrogens (tertiary/aromatic N) is 1. The van der Waals surface area contributed by atoms with Crippen LogP contribution >= 0.6 is 0 Å². The lowest BCUT2D eigenvalue weighted by Crippen LogP contribution is -2.35. The summed E-state index contributed by atoms with van der Waals surface area (Å²) in [6.07, 6.45) is 0. The van der Waals surface area contributed by atoms with E-state index in [0.29, 0.717) is 36.7 Å². The standard InChI is InChI=1S/C27H28N2O4/c1-32-21-13-14-25(33-2)22(15-21)23-17-29(27(31)20-11-7-4-8-12-20)18-24(23)26(30)28-16-19-9-5-3-6-10-19/h3-15,23-24H,16-18H2,1-2H3,(H,28,30). The molecule has 1 N–H and O–H groups in total. The van der Waals surface area contributed by atoms with Crippen LogP contribution in [-0.2, 0) is 11.3 Å². The minimum Gasteiger partial charge on any atom is -0.497 e. The Morgan fingerprint density at radius 3 is 2.27 bits per heavy atom. The van der Waals surface area contributed by atoms with E-state index in [9.17, 15) is 9.59 Å². The third kappa shape index (κ3) is 5.00. The molecule has 2 atom stereocenters. The van der Waals surface area contributed by atoms with Crippen LogP contribution in [0.3, 0.4) is 0 Å². The minimum atomic E-state index is -0.414. The third-order valence-corrected chi connectivity index (χ3v) is 6.11. The summed E-state index contributed by atoms with van der Waals surface area (Å²) in [6, 6.07) is 24.5. The van der Waals surface area contributed by atoms with Crippen molar-refractivity contribution >= 4 is 11.8 Å². The molecule has 33 heavy (non-hydrogen) atoms. The van der Waals surface area contributed by atoms with Gasteiger partial charge >= 0.3 is 0 Å². The highest BCUT2D eigenvalue weighted by atomic mass is 16.5. The molecule has 2 amide bonds. The molecule has 3 aromatic carbocycles. The first-order valence-electron chi connectivity index (χ1n) is 11.0. The van der Waals surface area contributed by atoms with Crippen molar-refractivity contribution in [3.8, 4) is 11.5 Å². The molecule has 6 heteroatoms. The molecule has 4 rings (SSSR count). The second kappa shape index (κ2) is 10.2. The van der Waals surface area contributed by atoms with Crippen LogP contribution in [0, 0.1) is 5.92 Å². The summed E-state index contributed by atoms with van der Waals surface area (Å²) in [5, 5.41) is 3.06. The van der Waals surface area contributed by atoms with E-state index >= 15 is 0 Å². The average Bonchev–Trinajstić information content (AvgIpc) is 3.33. The van der Waals surface area contributed by atoms with Crippen molar-refractivity contribution in [1.29, 1.82) is 0 Å². The van der Waals surface area contributed by atoms with E-state index in [1.54, 1.807) is 31.3 Å². The monoisotopic (exact) mass is 444 g/mol. The van der Waals surface area contributed by atoms with Gasteiger partial charge in [0, 0.05) is 36.7 Å². The molecule has 1 aliphatic rings. The number of hydrogen-bond acceptors (Lipinski definition) is 4. The number of nitrogens with one attached hydrogen (secondary N) is 1. The molecule has 170 valence electrons. The van der Waals surface area contributed by atoms with Gasteiger partial charge in [0.2, 0.25) is 5.91 Å². The van der Waals surface area contributed by atoms with Gasteiger partial charge < -0.3 is 19.7 Å². The highest BCUT2D eigenvalue weighted by molar-refractivity contribution is 5.95. The molecule has 2 unspecified atom stereocenters. The Morgan fingerprint density at radius 1 is 0.909 bits per heavy atom. The van der Waals surface area contributed by atoms with Crippen molar-refractivity contribution in [2.75, 3.05) is 27.3 Å². The summed E-state index contributed by atoms with van der Waals surface area (Å²) in [7, 11) is 3.22. The van der Waals surface area contributed by atoms with Crippen LogP contribution in [0.15, 0.2) is 78.9 Å². The minimum absolute atomic E-state index is 0.0826. The molecule has 1 heterocycles. The van der Waals surface area contributed by atoms with Gasteiger partial charge in [0.05, 0.1) is 20.1 Å². The molecular weight excluding hydrogens is 416 g/mol. The molecule has 6 nitrogen and oxygen atoms in total. The molecule has 0 spiro atoms. The maximum absolute atomic E-state index is 13.3. The Kier molecular flexibility index (Phi) is 6.93. The zero-order valence-corrected chi connectivity index (χ0v) is 18.9. The number of likely N-dealkylation sites (tertiary alicyclic amines) is 1. The lowest BCUT2D eigenvalue weighted by molar-refractivity contribution is -0.125. The van der Waals surface area contributed by atoms with Crippen LogP contribution in [0.4, 0.5) is 0 Å². The summed E-state index contributed by atoms with van der Waals surface area (Å²) >= 11 is 0. The Balaban J connectivity index is 1.62. The first-order chi connectivity index (χ1) is 16.1. The van der Waals surface area contributed by atoms with Crippen molar-refractivity contribution in [1.82, 2.24) is 10.2 Å². The smallest absolute Gasteiger partial charge is 0.253 e. The molecule has 3 aromatic rings. The van der Waals surface area contributed by atoms with Crippen LogP contribution < -0.4 is 14.8 Å². The van der Waals surface area contributed by atoms with Crippen molar-refractivity contribution in [3.05, 3.63) is 95.6 Å². The van der Waals surface area contributed by atoms with Gasteiger partial charge in [0.1, 0.15) is 11.5 Å². The first-order valence-corrected chi connectivity index (χ1v) is 11.0. The Labute approximate surface area is 194 Å². The third-order valence-electron chi connectivity index (χ3n) is 6.11. The van der Waals surface area contributed by atoms with E-state index in [2.05, 4.69) is 5.32 Å². The summed E-state index contributed by atoms with van der Waals surface area (Å²) in [4.78, 5) is 28.3. The van der Waals surface area contributed by atoms with Gasteiger partial charge in [-0.3, -0.25) is 9.59 Å². The average molecular weight is 445 g/mol. The van der Waals surface area contributed by atoms with Crippen LogP contribution in [0.1, 0.15) is 27.4 Å². The maximum atomic E-state index is 13.3. The van der Waals surface area contributed by atoms with Gasteiger partial charge in [-0.15, -0.1) is 0 Å². The summed E-state index contributed by atoms with van der Waals surface area (Å²) in [5.41, 5.74) is 2.50. The van der Waals surface area contributed by atoms with Crippen molar-refractivity contribution in [3.63, 3.8) is 0 Å². The van der Waals surface area contributed by atoms with E-state index in [1.807, 2.05) is 66.7 Å². The zero-order chi connectivity index (χ0) is 23.2. The van der Waals surface area contributed by atoms with E-state index < -0.39 is 5.92 Å². The first kappa shape index (κ1) is 22.4. The molecular formula is C27H28N2O4.